The Hall–Kier alpha value is -1.68. The van der Waals surface area contributed by atoms with E-state index in [0.717, 1.165) is 30.1 Å². The molecule has 1 N–H and O–H groups in total. The lowest BCUT2D eigenvalue weighted by Crippen LogP contribution is -2.29. The molecule has 1 fully saturated rings. The summed E-state index contributed by atoms with van der Waals surface area (Å²) in [5, 5.41) is 9.11. The molecule has 82 valence electrons. The zero-order valence-corrected chi connectivity index (χ0v) is 9.10. The third-order valence-electron chi connectivity index (χ3n) is 3.14. The first-order valence-electron chi connectivity index (χ1n) is 5.45. The Morgan fingerprint density at radius 3 is 3.00 bits per heavy atom. The SMILES string of the molecule is Cc1ccccc1N1N=C2CNCC2C1=O. The maximum atomic E-state index is 12.1. The van der Waals surface area contributed by atoms with E-state index in [0.29, 0.717) is 0 Å². The number of aryl methyl sites for hydroxylation is 1. The molecule has 1 saturated heterocycles. The number of hydrogen-bond acceptors (Lipinski definition) is 3. The van der Waals surface area contributed by atoms with E-state index >= 15 is 0 Å². The van der Waals surface area contributed by atoms with Gasteiger partial charge >= 0.3 is 0 Å². The maximum absolute atomic E-state index is 12.1. The average molecular weight is 215 g/mol. The topological polar surface area (TPSA) is 44.7 Å². The van der Waals surface area contributed by atoms with E-state index < -0.39 is 0 Å². The van der Waals surface area contributed by atoms with Crippen LogP contribution in [-0.2, 0) is 4.79 Å². The number of benzene rings is 1. The normalized spacial score (nSPS) is 23.6. The second kappa shape index (κ2) is 3.42. The number of rotatable bonds is 1. The lowest BCUT2D eigenvalue weighted by atomic mass is 10.1. The van der Waals surface area contributed by atoms with Crippen molar-refractivity contribution in [3.63, 3.8) is 0 Å². The fourth-order valence-electron chi connectivity index (χ4n) is 2.22. The van der Waals surface area contributed by atoms with E-state index in [1.54, 1.807) is 5.01 Å². The fraction of sp³-hybridized carbons (Fsp3) is 0.333. The molecule has 1 atom stereocenters. The number of carbonyl (C=O) groups excluding carboxylic acids is 1. The minimum Gasteiger partial charge on any atom is -0.310 e. The molecule has 16 heavy (non-hydrogen) atoms. The smallest absolute Gasteiger partial charge is 0.257 e. The van der Waals surface area contributed by atoms with Gasteiger partial charge in [0, 0.05) is 13.1 Å². The second-order valence-electron chi connectivity index (χ2n) is 4.21. The summed E-state index contributed by atoms with van der Waals surface area (Å²) in [5.41, 5.74) is 2.94. The summed E-state index contributed by atoms with van der Waals surface area (Å²) in [6, 6.07) is 7.83. The lowest BCUT2D eigenvalue weighted by molar-refractivity contribution is -0.119. The van der Waals surface area contributed by atoms with Crippen molar-refractivity contribution in [2.75, 3.05) is 18.1 Å². The molecule has 0 radical (unpaired) electrons. The molecule has 4 heteroatoms. The predicted molar refractivity (Wildman–Crippen MR) is 62.5 cm³/mol. The van der Waals surface area contributed by atoms with Crippen LogP contribution in [0.5, 0.6) is 0 Å². The van der Waals surface area contributed by atoms with Gasteiger partial charge in [-0.25, -0.2) is 0 Å². The van der Waals surface area contributed by atoms with E-state index in [9.17, 15) is 4.79 Å². The first kappa shape index (κ1) is 9.54. The van der Waals surface area contributed by atoms with E-state index in [1.165, 1.54) is 0 Å². The number of amides is 1. The van der Waals surface area contributed by atoms with Gasteiger partial charge in [0.2, 0.25) is 0 Å². The largest absolute Gasteiger partial charge is 0.310 e. The van der Waals surface area contributed by atoms with Crippen LogP contribution in [0.1, 0.15) is 5.56 Å². The van der Waals surface area contributed by atoms with Gasteiger partial charge in [-0.15, -0.1) is 0 Å². The highest BCUT2D eigenvalue weighted by Crippen LogP contribution is 2.27. The highest BCUT2D eigenvalue weighted by Gasteiger charge is 2.39. The van der Waals surface area contributed by atoms with Crippen molar-refractivity contribution in [1.29, 1.82) is 0 Å². The Bertz CT molecular complexity index is 481. The maximum Gasteiger partial charge on any atom is 0.257 e. The highest BCUT2D eigenvalue weighted by molar-refractivity contribution is 6.17. The zero-order valence-electron chi connectivity index (χ0n) is 9.10. The number of para-hydroxylation sites is 1. The number of hydrazone groups is 1. The van der Waals surface area contributed by atoms with E-state index in [4.69, 9.17) is 0 Å². The minimum absolute atomic E-state index is 0.0420. The standard InChI is InChI=1S/C12H13N3O/c1-8-4-2-3-5-11(8)15-12(16)9-6-13-7-10(9)14-15/h2-5,9,13H,6-7H2,1H3. The van der Waals surface area contributed by atoms with Crippen LogP contribution in [0.3, 0.4) is 0 Å². The Labute approximate surface area is 93.9 Å². The van der Waals surface area contributed by atoms with Crippen molar-refractivity contribution < 1.29 is 4.79 Å². The van der Waals surface area contributed by atoms with Crippen LogP contribution in [0.15, 0.2) is 29.4 Å². The van der Waals surface area contributed by atoms with Gasteiger partial charge in [-0.3, -0.25) is 4.79 Å². The molecule has 0 bridgehead atoms. The van der Waals surface area contributed by atoms with E-state index in [1.807, 2.05) is 31.2 Å². The van der Waals surface area contributed by atoms with Crippen LogP contribution < -0.4 is 10.3 Å². The number of hydrogen-bond donors (Lipinski definition) is 1. The van der Waals surface area contributed by atoms with Crippen molar-refractivity contribution in [2.24, 2.45) is 11.0 Å². The summed E-state index contributed by atoms with van der Waals surface area (Å²) in [7, 11) is 0. The zero-order chi connectivity index (χ0) is 11.1. The molecule has 0 saturated carbocycles. The van der Waals surface area contributed by atoms with Gasteiger partial charge in [0.15, 0.2) is 0 Å². The van der Waals surface area contributed by atoms with Gasteiger partial charge in [0.25, 0.3) is 5.91 Å². The molecule has 2 aliphatic heterocycles. The predicted octanol–water partition coefficient (Wildman–Crippen LogP) is 0.917. The van der Waals surface area contributed by atoms with Crippen LogP contribution in [-0.4, -0.2) is 24.7 Å². The first-order chi connectivity index (χ1) is 7.77. The summed E-state index contributed by atoms with van der Waals surface area (Å²) in [5.74, 6) is 0.0499. The Kier molecular flexibility index (Phi) is 2.04. The van der Waals surface area contributed by atoms with Crippen LogP contribution in [0.4, 0.5) is 5.69 Å². The molecule has 0 spiro atoms. The van der Waals surface area contributed by atoms with Gasteiger partial charge in [-0.2, -0.15) is 10.1 Å². The Morgan fingerprint density at radius 2 is 2.25 bits per heavy atom. The number of nitrogens with zero attached hydrogens (tertiary/aromatic N) is 2. The summed E-state index contributed by atoms with van der Waals surface area (Å²) >= 11 is 0. The van der Waals surface area contributed by atoms with Crippen LogP contribution in [0.2, 0.25) is 0 Å². The molecule has 1 aromatic carbocycles. The number of carbonyl (C=O) groups is 1. The van der Waals surface area contributed by atoms with E-state index in [-0.39, 0.29) is 11.8 Å². The van der Waals surface area contributed by atoms with Crippen molar-refractivity contribution in [1.82, 2.24) is 5.32 Å². The van der Waals surface area contributed by atoms with Gasteiger partial charge in [0.05, 0.1) is 17.3 Å². The summed E-state index contributed by atoms with van der Waals surface area (Å²) in [4.78, 5) is 12.1. The Balaban J connectivity index is 2.01. The third kappa shape index (κ3) is 1.27. The number of fused-ring (bicyclic) bond motifs is 1. The Morgan fingerprint density at radius 1 is 1.44 bits per heavy atom. The lowest BCUT2D eigenvalue weighted by Gasteiger charge is -2.15. The monoisotopic (exact) mass is 215 g/mol. The molecule has 1 aromatic rings. The minimum atomic E-state index is -0.0420. The highest BCUT2D eigenvalue weighted by atomic mass is 16.2. The molecular formula is C12H13N3O. The van der Waals surface area contributed by atoms with Gasteiger partial charge in [0.1, 0.15) is 0 Å². The van der Waals surface area contributed by atoms with E-state index in [2.05, 4.69) is 10.4 Å². The molecule has 2 aliphatic rings. The van der Waals surface area contributed by atoms with Crippen molar-refractivity contribution >= 4 is 17.3 Å². The van der Waals surface area contributed by atoms with Gasteiger partial charge in [-0.05, 0) is 18.6 Å². The molecule has 0 aliphatic carbocycles. The third-order valence-corrected chi connectivity index (χ3v) is 3.14. The molecular weight excluding hydrogens is 202 g/mol. The summed E-state index contributed by atoms with van der Waals surface area (Å²) in [6.07, 6.45) is 0. The second-order valence-corrected chi connectivity index (χ2v) is 4.21. The van der Waals surface area contributed by atoms with Gasteiger partial charge in [-0.1, -0.05) is 18.2 Å². The van der Waals surface area contributed by atoms with Crippen LogP contribution >= 0.6 is 0 Å². The first-order valence-corrected chi connectivity index (χ1v) is 5.45. The van der Waals surface area contributed by atoms with Crippen LogP contribution in [0.25, 0.3) is 0 Å². The summed E-state index contributed by atoms with van der Waals surface area (Å²) < 4.78 is 0. The van der Waals surface area contributed by atoms with Gasteiger partial charge < -0.3 is 5.32 Å². The van der Waals surface area contributed by atoms with Crippen molar-refractivity contribution in [2.45, 2.75) is 6.92 Å². The molecule has 1 amide bonds. The molecule has 3 rings (SSSR count). The molecule has 0 aromatic heterocycles. The van der Waals surface area contributed by atoms with Crippen LogP contribution in [0, 0.1) is 12.8 Å². The molecule has 4 nitrogen and oxygen atoms in total. The fourth-order valence-corrected chi connectivity index (χ4v) is 2.22. The summed E-state index contributed by atoms with van der Waals surface area (Å²) in [6.45, 7) is 3.45. The quantitative estimate of drug-likeness (QED) is 0.757. The molecule has 2 heterocycles. The van der Waals surface area contributed by atoms with Crippen molar-refractivity contribution in [3.05, 3.63) is 29.8 Å². The average Bonchev–Trinajstić information content (AvgIpc) is 2.83. The number of anilines is 1. The molecule has 1 unspecified atom stereocenters. The number of nitrogens with one attached hydrogen (secondary N) is 1. The van der Waals surface area contributed by atoms with Crippen molar-refractivity contribution in [3.8, 4) is 0 Å².